The topological polar surface area (TPSA) is 33.2 Å². The quantitative estimate of drug-likeness (QED) is 0.246. The van der Waals surface area contributed by atoms with Crippen molar-refractivity contribution in [2.24, 2.45) is 0 Å². The zero-order chi connectivity index (χ0) is 25.6. The number of fused-ring (bicyclic) bond motifs is 2. The molecule has 4 heteroatoms. The molecule has 1 aliphatic rings. The fourth-order valence-electron chi connectivity index (χ4n) is 5.64. The Morgan fingerprint density at radius 3 is 1.84 bits per heavy atom. The van der Waals surface area contributed by atoms with Crippen molar-refractivity contribution in [1.82, 2.24) is 4.98 Å². The fourth-order valence-corrected chi connectivity index (χ4v) is 8.31. The summed E-state index contributed by atoms with van der Waals surface area (Å²) in [4.78, 5) is 6.65. The molecule has 1 aliphatic heterocycles. The van der Waals surface area contributed by atoms with Crippen LogP contribution < -0.4 is 20.8 Å². The Kier molecular flexibility index (Phi) is 5.62. The van der Waals surface area contributed by atoms with Gasteiger partial charge in [0, 0.05) is 39.4 Å². The smallest absolute Gasteiger partial charge is 0.172 e. The lowest BCUT2D eigenvalue weighted by Gasteiger charge is -2.42. The van der Waals surface area contributed by atoms with Crippen LogP contribution in [-0.4, -0.2) is 4.98 Å². The van der Waals surface area contributed by atoms with Crippen molar-refractivity contribution in [2.45, 2.75) is 26.2 Å². The van der Waals surface area contributed by atoms with Gasteiger partial charge in [0.1, 0.15) is 0 Å². The summed E-state index contributed by atoms with van der Waals surface area (Å²) < 4.78 is 14.9. The average Bonchev–Trinajstić information content (AvgIpc) is 2.94. The highest BCUT2D eigenvalue weighted by atomic mass is 31.2. The van der Waals surface area contributed by atoms with E-state index in [1.54, 1.807) is 12.4 Å². The highest BCUT2D eigenvalue weighted by Gasteiger charge is 2.37. The molecule has 4 aromatic carbocycles. The van der Waals surface area contributed by atoms with E-state index in [0.717, 1.165) is 27.2 Å². The van der Waals surface area contributed by atoms with Gasteiger partial charge in [0.05, 0.1) is 11.4 Å². The lowest BCUT2D eigenvalue weighted by Crippen LogP contribution is -2.31. The van der Waals surface area contributed by atoms with Gasteiger partial charge in [0.25, 0.3) is 0 Å². The van der Waals surface area contributed by atoms with Crippen LogP contribution in [-0.2, 0) is 9.98 Å². The standard InChI is InChI=1S/C33H29N2OP/c1-24-22-26(37(36,25-12-5-4-6-13-25)27-14-11-21-34-23-27)19-20-30(24)35-31-17-9-7-15-28(31)33(2,3)29-16-8-10-18-32(29)35/h4-23H,1-3H3. The molecule has 0 amide bonds. The van der Waals surface area contributed by atoms with Crippen molar-refractivity contribution in [3.05, 3.63) is 138 Å². The van der Waals surface area contributed by atoms with Crippen LogP contribution in [0.1, 0.15) is 30.5 Å². The molecule has 0 saturated heterocycles. The molecule has 0 saturated carbocycles. The first-order valence-corrected chi connectivity index (χ1v) is 14.3. The summed E-state index contributed by atoms with van der Waals surface area (Å²) in [6.45, 7) is 6.70. The Morgan fingerprint density at radius 2 is 1.24 bits per heavy atom. The van der Waals surface area contributed by atoms with Gasteiger partial charge in [-0.3, -0.25) is 4.98 Å². The molecular formula is C33H29N2OP. The fraction of sp³-hybridized carbons (Fsp3) is 0.121. The van der Waals surface area contributed by atoms with Crippen molar-refractivity contribution in [3.8, 4) is 0 Å². The number of pyridine rings is 1. The van der Waals surface area contributed by atoms with Gasteiger partial charge in [0.2, 0.25) is 0 Å². The van der Waals surface area contributed by atoms with Crippen LogP contribution in [0.15, 0.2) is 122 Å². The molecule has 0 fully saturated rings. The number of anilines is 3. The number of hydrogen-bond donors (Lipinski definition) is 0. The van der Waals surface area contributed by atoms with Crippen molar-refractivity contribution in [1.29, 1.82) is 0 Å². The summed E-state index contributed by atoms with van der Waals surface area (Å²) in [6.07, 6.45) is 3.45. The predicted molar refractivity (Wildman–Crippen MR) is 155 cm³/mol. The molecule has 1 aromatic heterocycles. The lowest BCUT2D eigenvalue weighted by atomic mass is 9.73. The number of hydrogen-bond acceptors (Lipinski definition) is 3. The minimum absolute atomic E-state index is 0.110. The molecule has 0 radical (unpaired) electrons. The molecule has 37 heavy (non-hydrogen) atoms. The predicted octanol–water partition coefficient (Wildman–Crippen LogP) is 7.14. The first kappa shape index (κ1) is 23.5. The number of para-hydroxylation sites is 2. The Morgan fingerprint density at radius 1 is 0.649 bits per heavy atom. The summed E-state index contributed by atoms with van der Waals surface area (Å²) >= 11 is 0. The minimum atomic E-state index is -3.10. The number of benzene rings is 4. The molecule has 5 aromatic rings. The minimum Gasteiger partial charge on any atom is -0.310 e. The molecule has 2 heterocycles. The molecule has 1 unspecified atom stereocenters. The number of nitrogens with zero attached hydrogens (tertiary/aromatic N) is 2. The zero-order valence-electron chi connectivity index (χ0n) is 21.3. The van der Waals surface area contributed by atoms with E-state index >= 15 is 0 Å². The van der Waals surface area contributed by atoms with E-state index in [4.69, 9.17) is 0 Å². The molecule has 0 N–H and O–H groups in total. The van der Waals surface area contributed by atoms with Gasteiger partial charge in [0.15, 0.2) is 7.14 Å². The molecule has 6 rings (SSSR count). The Labute approximate surface area is 218 Å². The lowest BCUT2D eigenvalue weighted by molar-refractivity contribution is 0.592. The van der Waals surface area contributed by atoms with Crippen LogP contribution >= 0.6 is 7.14 Å². The van der Waals surface area contributed by atoms with E-state index in [1.165, 1.54) is 22.5 Å². The third-order valence-electron chi connectivity index (χ3n) is 7.55. The third-order valence-corrected chi connectivity index (χ3v) is 10.6. The SMILES string of the molecule is Cc1cc(P(=O)(c2ccccc2)c2cccnc2)ccc1N1c2ccccc2C(C)(C)c2ccccc21. The van der Waals surface area contributed by atoms with Crippen LogP contribution in [0, 0.1) is 6.92 Å². The maximum Gasteiger partial charge on any atom is 0.172 e. The molecular weight excluding hydrogens is 471 g/mol. The highest BCUT2D eigenvalue weighted by molar-refractivity contribution is 7.85. The molecule has 0 aliphatic carbocycles. The second-order valence-electron chi connectivity index (χ2n) is 10.1. The summed E-state index contributed by atoms with van der Waals surface area (Å²) in [5.41, 5.74) is 7.00. The summed E-state index contributed by atoms with van der Waals surface area (Å²) in [6, 6.07) is 37.1. The largest absolute Gasteiger partial charge is 0.310 e. The van der Waals surface area contributed by atoms with Crippen LogP contribution in [0.25, 0.3) is 0 Å². The van der Waals surface area contributed by atoms with Crippen LogP contribution in [0.4, 0.5) is 17.1 Å². The van der Waals surface area contributed by atoms with E-state index in [0.29, 0.717) is 0 Å². The molecule has 0 spiro atoms. The maximum atomic E-state index is 14.9. The van der Waals surface area contributed by atoms with Crippen molar-refractivity contribution in [2.75, 3.05) is 4.90 Å². The average molecular weight is 501 g/mol. The van der Waals surface area contributed by atoms with Gasteiger partial charge in [-0.2, -0.15) is 0 Å². The van der Waals surface area contributed by atoms with Gasteiger partial charge < -0.3 is 9.46 Å². The van der Waals surface area contributed by atoms with E-state index in [9.17, 15) is 4.57 Å². The second-order valence-corrected chi connectivity index (χ2v) is 12.9. The third kappa shape index (κ3) is 3.65. The zero-order valence-corrected chi connectivity index (χ0v) is 22.2. The summed E-state index contributed by atoms with van der Waals surface area (Å²) in [5.74, 6) is 0. The number of aryl methyl sites for hydroxylation is 1. The summed E-state index contributed by atoms with van der Waals surface area (Å²) in [7, 11) is -3.10. The molecule has 0 bridgehead atoms. The first-order valence-electron chi connectivity index (χ1n) is 12.6. The van der Waals surface area contributed by atoms with Crippen molar-refractivity contribution in [3.63, 3.8) is 0 Å². The number of rotatable bonds is 4. The van der Waals surface area contributed by atoms with Crippen molar-refractivity contribution < 1.29 is 4.57 Å². The van der Waals surface area contributed by atoms with Gasteiger partial charge in [-0.15, -0.1) is 0 Å². The van der Waals surface area contributed by atoms with Gasteiger partial charge in [-0.1, -0.05) is 80.6 Å². The monoisotopic (exact) mass is 500 g/mol. The van der Waals surface area contributed by atoms with Crippen LogP contribution in [0.2, 0.25) is 0 Å². The van der Waals surface area contributed by atoms with Gasteiger partial charge in [-0.25, -0.2) is 0 Å². The Balaban J connectivity index is 1.55. The van der Waals surface area contributed by atoms with E-state index in [-0.39, 0.29) is 5.41 Å². The Hall–Kier alpha value is -3.94. The highest BCUT2D eigenvalue weighted by Crippen LogP contribution is 2.52. The second kappa shape index (κ2) is 8.87. The molecule has 182 valence electrons. The van der Waals surface area contributed by atoms with Gasteiger partial charge in [-0.05, 0) is 66.1 Å². The van der Waals surface area contributed by atoms with Crippen LogP contribution in [0.3, 0.4) is 0 Å². The molecule has 1 atom stereocenters. The maximum absolute atomic E-state index is 14.9. The summed E-state index contributed by atoms with van der Waals surface area (Å²) in [5, 5.41) is 2.36. The van der Waals surface area contributed by atoms with Crippen LogP contribution in [0.5, 0.6) is 0 Å². The Bertz CT molecular complexity index is 1550. The van der Waals surface area contributed by atoms with Crippen molar-refractivity contribution >= 4 is 40.1 Å². The van der Waals surface area contributed by atoms with E-state index in [2.05, 4.69) is 91.3 Å². The van der Waals surface area contributed by atoms with E-state index in [1.807, 2.05) is 48.5 Å². The number of aromatic nitrogens is 1. The van der Waals surface area contributed by atoms with Gasteiger partial charge >= 0.3 is 0 Å². The molecule has 3 nitrogen and oxygen atoms in total. The first-order chi connectivity index (χ1) is 17.9. The van der Waals surface area contributed by atoms with E-state index < -0.39 is 7.14 Å². The normalized spacial score (nSPS) is 15.4.